The van der Waals surface area contributed by atoms with E-state index in [9.17, 15) is 9.59 Å². The first-order valence-electron chi connectivity index (χ1n) is 11.3. The summed E-state index contributed by atoms with van der Waals surface area (Å²) >= 11 is 1.61. The number of fused-ring (bicyclic) bond motifs is 1. The highest BCUT2D eigenvalue weighted by atomic mass is 32.1. The molecule has 0 aliphatic carbocycles. The van der Waals surface area contributed by atoms with Gasteiger partial charge < -0.3 is 4.74 Å². The van der Waals surface area contributed by atoms with Gasteiger partial charge in [0.2, 0.25) is 0 Å². The number of aromatic amines is 1. The Morgan fingerprint density at radius 3 is 2.47 bits per heavy atom. The Kier molecular flexibility index (Phi) is 5.79. The summed E-state index contributed by atoms with van der Waals surface area (Å²) in [6, 6.07) is 19.1. The highest BCUT2D eigenvalue weighted by Crippen LogP contribution is 2.45. The molecule has 5 rings (SSSR count). The minimum Gasteiger partial charge on any atom is -0.462 e. The number of hydrogen-bond acceptors (Lipinski definition) is 5. The third-order valence-corrected chi connectivity index (χ3v) is 6.99. The van der Waals surface area contributed by atoms with E-state index in [1.54, 1.807) is 47.4 Å². The highest BCUT2D eigenvalue weighted by molar-refractivity contribution is 7.13. The molecule has 6 nitrogen and oxygen atoms in total. The van der Waals surface area contributed by atoms with E-state index in [-0.39, 0.29) is 17.9 Å². The number of ether oxygens (including phenoxy) is 1. The van der Waals surface area contributed by atoms with Gasteiger partial charge >= 0.3 is 5.97 Å². The number of nitrogens with zero attached hydrogens (tertiary/aromatic N) is 2. The van der Waals surface area contributed by atoms with Crippen LogP contribution in [0.3, 0.4) is 0 Å². The maximum atomic E-state index is 13.6. The first kappa shape index (κ1) is 22.1. The minimum atomic E-state index is -0.379. The molecule has 0 spiro atoms. The number of rotatable bonds is 6. The lowest BCUT2D eigenvalue weighted by Crippen LogP contribution is -2.29. The number of carbonyl (C=O) groups is 2. The van der Waals surface area contributed by atoms with Crippen LogP contribution in [0.25, 0.3) is 10.6 Å². The van der Waals surface area contributed by atoms with Crippen molar-refractivity contribution in [2.45, 2.75) is 32.7 Å². The third kappa shape index (κ3) is 3.72. The molecule has 0 unspecified atom stereocenters. The van der Waals surface area contributed by atoms with Gasteiger partial charge in [-0.1, -0.05) is 44.2 Å². The molecule has 0 saturated heterocycles. The van der Waals surface area contributed by atoms with Crippen molar-refractivity contribution in [3.05, 3.63) is 94.0 Å². The topological polar surface area (TPSA) is 75.3 Å². The van der Waals surface area contributed by atoms with Crippen LogP contribution in [0, 0.1) is 0 Å². The first-order chi connectivity index (χ1) is 16.5. The fourth-order valence-electron chi connectivity index (χ4n) is 4.37. The van der Waals surface area contributed by atoms with Crippen molar-refractivity contribution in [1.29, 1.82) is 0 Å². The zero-order valence-corrected chi connectivity index (χ0v) is 20.1. The van der Waals surface area contributed by atoms with Crippen LogP contribution in [-0.2, 0) is 4.74 Å². The quantitative estimate of drug-likeness (QED) is 0.340. The molecule has 1 amide bonds. The average Bonchev–Trinajstić information content (AvgIpc) is 3.57. The van der Waals surface area contributed by atoms with E-state index in [0.29, 0.717) is 29.5 Å². The van der Waals surface area contributed by atoms with E-state index in [1.165, 1.54) is 5.56 Å². The number of amides is 1. The number of carbonyl (C=O) groups excluding carboxylic acids is 2. The van der Waals surface area contributed by atoms with Crippen LogP contribution in [0.2, 0.25) is 0 Å². The van der Waals surface area contributed by atoms with Crippen molar-refractivity contribution in [2.24, 2.45) is 0 Å². The van der Waals surface area contributed by atoms with Crippen LogP contribution in [0.4, 0.5) is 5.69 Å². The average molecular weight is 472 g/mol. The SMILES string of the molecule is CCOC(=O)c1ccc(N2C(=O)c3n[nH]c(-c4cccs4)c3[C@@H]2c2ccc(C(C)C)cc2)cc1. The van der Waals surface area contributed by atoms with Crippen LogP contribution in [0.15, 0.2) is 66.0 Å². The van der Waals surface area contributed by atoms with Crippen LogP contribution in [0.1, 0.15) is 70.3 Å². The lowest BCUT2D eigenvalue weighted by molar-refractivity contribution is 0.0526. The minimum absolute atomic E-state index is 0.170. The van der Waals surface area contributed by atoms with Gasteiger partial charge in [-0.15, -0.1) is 11.3 Å². The number of esters is 1. The van der Waals surface area contributed by atoms with Crippen molar-refractivity contribution in [3.63, 3.8) is 0 Å². The molecule has 2 aromatic carbocycles. The summed E-state index contributed by atoms with van der Waals surface area (Å²) in [5, 5.41) is 9.53. The van der Waals surface area contributed by atoms with Gasteiger partial charge in [0.15, 0.2) is 5.69 Å². The highest BCUT2D eigenvalue weighted by Gasteiger charge is 2.43. The molecule has 7 heteroatoms. The van der Waals surface area contributed by atoms with E-state index < -0.39 is 0 Å². The van der Waals surface area contributed by atoms with Gasteiger partial charge in [0.25, 0.3) is 5.91 Å². The maximum absolute atomic E-state index is 13.6. The van der Waals surface area contributed by atoms with Gasteiger partial charge in [0.1, 0.15) is 0 Å². The van der Waals surface area contributed by atoms with Crippen molar-refractivity contribution in [3.8, 4) is 10.6 Å². The Balaban J connectivity index is 1.62. The molecule has 34 heavy (non-hydrogen) atoms. The Labute approximate surface area is 202 Å². The molecule has 4 aromatic rings. The fourth-order valence-corrected chi connectivity index (χ4v) is 5.10. The summed E-state index contributed by atoms with van der Waals surface area (Å²) in [5.74, 6) is -0.136. The number of aromatic nitrogens is 2. The van der Waals surface area contributed by atoms with Crippen LogP contribution in [0.5, 0.6) is 0 Å². The third-order valence-electron chi connectivity index (χ3n) is 6.10. The second-order valence-corrected chi connectivity index (χ2v) is 9.45. The Bertz CT molecular complexity index is 1320. The molecule has 1 aliphatic heterocycles. The number of anilines is 1. The maximum Gasteiger partial charge on any atom is 0.338 e. The van der Waals surface area contributed by atoms with Crippen molar-refractivity contribution >= 4 is 28.9 Å². The van der Waals surface area contributed by atoms with Gasteiger partial charge in [-0.2, -0.15) is 5.10 Å². The first-order valence-corrected chi connectivity index (χ1v) is 12.2. The number of benzene rings is 2. The van der Waals surface area contributed by atoms with Gasteiger partial charge in [-0.25, -0.2) is 4.79 Å². The molecule has 1 N–H and O–H groups in total. The summed E-state index contributed by atoms with van der Waals surface area (Å²) in [6.45, 7) is 6.41. The summed E-state index contributed by atoms with van der Waals surface area (Å²) in [5.41, 5.74) is 5.56. The zero-order chi connectivity index (χ0) is 23.8. The second kappa shape index (κ2) is 8.91. The molecular weight excluding hydrogens is 446 g/mol. The largest absolute Gasteiger partial charge is 0.462 e. The number of thiophene rings is 1. The van der Waals surface area contributed by atoms with Crippen molar-refractivity contribution in [1.82, 2.24) is 10.2 Å². The Morgan fingerprint density at radius 1 is 1.12 bits per heavy atom. The van der Waals surface area contributed by atoms with Gasteiger partial charge in [0.05, 0.1) is 28.8 Å². The predicted molar refractivity (Wildman–Crippen MR) is 133 cm³/mol. The van der Waals surface area contributed by atoms with Crippen LogP contribution in [-0.4, -0.2) is 28.7 Å². The normalized spacial score (nSPS) is 15.1. The fraction of sp³-hybridized carbons (Fsp3) is 0.222. The molecule has 172 valence electrons. The van der Waals surface area contributed by atoms with Crippen molar-refractivity contribution < 1.29 is 14.3 Å². The lowest BCUT2D eigenvalue weighted by Gasteiger charge is -2.27. The van der Waals surface area contributed by atoms with Gasteiger partial charge in [-0.3, -0.25) is 14.8 Å². The molecule has 3 heterocycles. The monoisotopic (exact) mass is 471 g/mol. The zero-order valence-electron chi connectivity index (χ0n) is 19.2. The second-order valence-electron chi connectivity index (χ2n) is 8.50. The van der Waals surface area contributed by atoms with E-state index in [4.69, 9.17) is 4.74 Å². The number of hydrogen-bond donors (Lipinski definition) is 1. The van der Waals surface area contributed by atoms with Crippen LogP contribution < -0.4 is 4.90 Å². The summed E-state index contributed by atoms with van der Waals surface area (Å²) in [4.78, 5) is 28.5. The number of H-pyrrole nitrogens is 1. The molecular formula is C27H25N3O3S. The molecule has 0 radical (unpaired) electrons. The smallest absolute Gasteiger partial charge is 0.338 e. The summed E-state index contributed by atoms with van der Waals surface area (Å²) in [7, 11) is 0. The molecule has 1 aliphatic rings. The molecule has 1 atom stereocenters. The molecule has 0 bridgehead atoms. The van der Waals surface area contributed by atoms with E-state index in [1.807, 2.05) is 17.5 Å². The van der Waals surface area contributed by atoms with Gasteiger partial charge in [0, 0.05) is 11.3 Å². The standard InChI is InChI=1S/C27H25N3O3S/c1-4-33-27(32)19-11-13-20(14-12-19)30-25(18-9-7-17(8-10-18)16(2)3)22-23(21-6-5-15-34-21)28-29-24(22)26(30)31/h5-16,25H,4H2,1-3H3,(H,28,29)/t25-/m0/s1. The molecule has 0 saturated carbocycles. The Hall–Kier alpha value is -3.71. The molecule has 0 fully saturated rings. The van der Waals surface area contributed by atoms with Crippen molar-refractivity contribution in [2.75, 3.05) is 11.5 Å². The predicted octanol–water partition coefficient (Wildman–Crippen LogP) is 6.19. The van der Waals surface area contributed by atoms with Gasteiger partial charge in [-0.05, 0) is 59.7 Å². The Morgan fingerprint density at radius 2 is 1.85 bits per heavy atom. The summed E-state index contributed by atoms with van der Waals surface area (Å²) in [6.07, 6.45) is 0. The lowest BCUT2D eigenvalue weighted by atomic mass is 9.95. The van der Waals surface area contributed by atoms with E-state index in [2.05, 4.69) is 48.3 Å². The number of nitrogens with one attached hydrogen (secondary N) is 1. The summed E-state index contributed by atoms with van der Waals surface area (Å²) < 4.78 is 5.10. The van der Waals surface area contributed by atoms with Crippen LogP contribution >= 0.6 is 11.3 Å². The molecule has 2 aromatic heterocycles. The van der Waals surface area contributed by atoms with E-state index in [0.717, 1.165) is 21.7 Å². The van der Waals surface area contributed by atoms with E-state index >= 15 is 0 Å².